The number of carbonyl (C=O) groups is 1. The van der Waals surface area contributed by atoms with Gasteiger partial charge in [0.05, 0.1) is 0 Å². The molecule has 0 unspecified atom stereocenters. The number of piperidine rings is 1. The molecule has 0 aliphatic carbocycles. The summed E-state index contributed by atoms with van der Waals surface area (Å²) in [6, 6.07) is 10.2. The van der Waals surface area contributed by atoms with Gasteiger partial charge in [-0.1, -0.05) is 36.5 Å². The fraction of sp³-hybridized carbons (Fsp3) is 0.455. The van der Waals surface area contributed by atoms with Crippen LogP contribution in [0, 0.1) is 5.92 Å². The van der Waals surface area contributed by atoms with Crippen LogP contribution in [0.3, 0.4) is 0 Å². The van der Waals surface area contributed by atoms with Crippen LogP contribution in [-0.4, -0.2) is 64.7 Å². The quantitative estimate of drug-likeness (QED) is 0.625. The number of nitrogens with zero attached hydrogens (tertiary/aromatic N) is 6. The molecule has 1 aromatic carbocycles. The van der Waals surface area contributed by atoms with Crippen molar-refractivity contribution in [2.24, 2.45) is 5.92 Å². The number of fused-ring (bicyclic) bond motifs is 1. The molecule has 31 heavy (non-hydrogen) atoms. The first-order valence-electron chi connectivity index (χ1n) is 10.8. The van der Waals surface area contributed by atoms with E-state index < -0.39 is 0 Å². The fourth-order valence-corrected chi connectivity index (χ4v) is 5.29. The molecule has 1 atom stereocenters. The standard InChI is InChI=1S/C22H26N6O2S/c1-16-6-5-9-27(15-16)22-24-28-20(30)18(14-23-21(28)31-22)19(29)26-12-10-25(11-13-26)17-7-3-2-4-8-17/h2-4,7-8,14,16H,5-6,9-13,15H2,1H3/t16-/m1/s1. The fourth-order valence-electron chi connectivity index (χ4n) is 4.39. The summed E-state index contributed by atoms with van der Waals surface area (Å²) in [6.07, 6.45) is 3.76. The molecule has 0 bridgehead atoms. The predicted molar refractivity (Wildman–Crippen MR) is 122 cm³/mol. The maximum absolute atomic E-state index is 13.1. The van der Waals surface area contributed by atoms with E-state index in [0.29, 0.717) is 24.0 Å². The average molecular weight is 439 g/mol. The molecule has 0 saturated carbocycles. The highest BCUT2D eigenvalue weighted by molar-refractivity contribution is 7.20. The summed E-state index contributed by atoms with van der Waals surface area (Å²) < 4.78 is 1.30. The summed E-state index contributed by atoms with van der Waals surface area (Å²) >= 11 is 1.41. The van der Waals surface area contributed by atoms with E-state index in [0.717, 1.165) is 43.4 Å². The molecule has 8 nitrogen and oxygen atoms in total. The Morgan fingerprint density at radius 1 is 1.06 bits per heavy atom. The highest BCUT2D eigenvalue weighted by Crippen LogP contribution is 2.26. The summed E-state index contributed by atoms with van der Waals surface area (Å²) in [4.78, 5) is 37.3. The number of amides is 1. The first kappa shape index (κ1) is 20.0. The maximum Gasteiger partial charge on any atom is 0.288 e. The van der Waals surface area contributed by atoms with Crippen molar-refractivity contribution >= 4 is 33.0 Å². The smallest absolute Gasteiger partial charge is 0.288 e. The van der Waals surface area contributed by atoms with Crippen molar-refractivity contribution in [2.75, 3.05) is 49.1 Å². The second-order valence-electron chi connectivity index (χ2n) is 8.36. The van der Waals surface area contributed by atoms with Gasteiger partial charge >= 0.3 is 0 Å². The molecule has 2 aliphatic heterocycles. The molecule has 2 aromatic heterocycles. The van der Waals surface area contributed by atoms with Crippen molar-refractivity contribution in [1.82, 2.24) is 19.5 Å². The molecular formula is C22H26N6O2S. The van der Waals surface area contributed by atoms with E-state index in [4.69, 9.17) is 0 Å². The third-order valence-electron chi connectivity index (χ3n) is 6.12. The molecular weight excluding hydrogens is 412 g/mol. The zero-order valence-electron chi connectivity index (χ0n) is 17.6. The van der Waals surface area contributed by atoms with Gasteiger partial charge in [-0.25, -0.2) is 4.98 Å². The minimum Gasteiger partial charge on any atom is -0.368 e. The van der Waals surface area contributed by atoms with Crippen molar-refractivity contribution in [2.45, 2.75) is 19.8 Å². The van der Waals surface area contributed by atoms with E-state index in [1.54, 1.807) is 4.90 Å². The molecule has 2 fully saturated rings. The predicted octanol–water partition coefficient (Wildman–Crippen LogP) is 2.35. The molecule has 4 heterocycles. The number of hydrogen-bond acceptors (Lipinski definition) is 7. The summed E-state index contributed by atoms with van der Waals surface area (Å²) in [7, 11) is 0. The van der Waals surface area contributed by atoms with E-state index in [2.05, 4.69) is 38.9 Å². The lowest BCUT2D eigenvalue weighted by Crippen LogP contribution is -2.49. The SMILES string of the molecule is C[C@@H]1CCCN(c2nn3c(=O)c(C(=O)N4CCN(c5ccccc5)CC4)cnc3s2)C1. The van der Waals surface area contributed by atoms with Gasteiger partial charge in [-0.3, -0.25) is 9.59 Å². The molecule has 2 saturated heterocycles. The van der Waals surface area contributed by atoms with Crippen molar-refractivity contribution in [3.05, 3.63) is 52.4 Å². The molecule has 2 aliphatic rings. The summed E-state index contributed by atoms with van der Waals surface area (Å²) in [5.74, 6) is 0.345. The van der Waals surface area contributed by atoms with Crippen LogP contribution < -0.4 is 15.4 Å². The molecule has 162 valence electrons. The Morgan fingerprint density at radius 2 is 1.84 bits per heavy atom. The first-order chi connectivity index (χ1) is 15.1. The van der Waals surface area contributed by atoms with Gasteiger partial charge in [0, 0.05) is 51.2 Å². The average Bonchev–Trinajstić information content (AvgIpc) is 3.25. The number of carbonyl (C=O) groups excluding carboxylic acids is 1. The van der Waals surface area contributed by atoms with Gasteiger partial charge in [-0.05, 0) is 30.9 Å². The normalized spacial score (nSPS) is 19.8. The van der Waals surface area contributed by atoms with E-state index in [1.165, 1.54) is 28.5 Å². The van der Waals surface area contributed by atoms with Crippen LogP contribution in [0.4, 0.5) is 10.8 Å². The Bertz CT molecular complexity index is 1140. The van der Waals surface area contributed by atoms with Crippen LogP contribution in [0.5, 0.6) is 0 Å². The number of aromatic nitrogens is 3. The van der Waals surface area contributed by atoms with Gasteiger partial charge in [0.15, 0.2) is 0 Å². The monoisotopic (exact) mass is 438 g/mol. The topological polar surface area (TPSA) is 74.1 Å². The van der Waals surface area contributed by atoms with Crippen molar-refractivity contribution in [1.29, 1.82) is 0 Å². The molecule has 0 radical (unpaired) electrons. The van der Waals surface area contributed by atoms with Gasteiger partial charge < -0.3 is 14.7 Å². The Hall–Kier alpha value is -2.94. The Balaban J connectivity index is 1.33. The van der Waals surface area contributed by atoms with Crippen molar-refractivity contribution in [3.8, 4) is 0 Å². The van der Waals surface area contributed by atoms with Crippen LogP contribution in [-0.2, 0) is 0 Å². The molecule has 0 spiro atoms. The highest BCUT2D eigenvalue weighted by atomic mass is 32.1. The number of rotatable bonds is 3. The van der Waals surface area contributed by atoms with Crippen molar-refractivity contribution < 1.29 is 4.79 Å². The van der Waals surface area contributed by atoms with Crippen LogP contribution in [0.15, 0.2) is 41.3 Å². The van der Waals surface area contributed by atoms with E-state index in [-0.39, 0.29) is 17.0 Å². The van der Waals surface area contributed by atoms with Crippen LogP contribution in [0.1, 0.15) is 30.1 Å². The largest absolute Gasteiger partial charge is 0.368 e. The lowest BCUT2D eigenvalue weighted by Gasteiger charge is -2.36. The summed E-state index contributed by atoms with van der Waals surface area (Å²) in [6.45, 7) is 6.73. The van der Waals surface area contributed by atoms with Crippen LogP contribution in [0.2, 0.25) is 0 Å². The van der Waals surface area contributed by atoms with Gasteiger partial charge in [0.1, 0.15) is 5.56 Å². The van der Waals surface area contributed by atoms with Crippen molar-refractivity contribution in [3.63, 3.8) is 0 Å². The number of benzene rings is 1. The lowest BCUT2D eigenvalue weighted by atomic mass is 10.0. The Morgan fingerprint density at radius 3 is 2.58 bits per heavy atom. The first-order valence-corrected chi connectivity index (χ1v) is 11.6. The summed E-state index contributed by atoms with van der Waals surface area (Å²) in [5.41, 5.74) is 0.863. The maximum atomic E-state index is 13.1. The number of piperazine rings is 1. The second-order valence-corrected chi connectivity index (χ2v) is 9.30. The molecule has 5 rings (SSSR count). The number of anilines is 2. The minimum absolute atomic E-state index is 0.0922. The molecule has 9 heteroatoms. The zero-order valence-corrected chi connectivity index (χ0v) is 18.4. The number of hydrogen-bond donors (Lipinski definition) is 0. The molecule has 0 N–H and O–H groups in total. The second kappa shape index (κ2) is 8.30. The van der Waals surface area contributed by atoms with E-state index >= 15 is 0 Å². The van der Waals surface area contributed by atoms with E-state index in [9.17, 15) is 9.59 Å². The third kappa shape index (κ3) is 3.89. The third-order valence-corrected chi connectivity index (χ3v) is 7.11. The highest BCUT2D eigenvalue weighted by Gasteiger charge is 2.26. The minimum atomic E-state index is -0.381. The number of para-hydroxylation sites is 1. The Labute approximate surface area is 184 Å². The molecule has 3 aromatic rings. The summed E-state index contributed by atoms with van der Waals surface area (Å²) in [5, 5.41) is 5.32. The van der Waals surface area contributed by atoms with Crippen LogP contribution >= 0.6 is 11.3 Å². The lowest BCUT2D eigenvalue weighted by molar-refractivity contribution is 0.0744. The van der Waals surface area contributed by atoms with E-state index in [1.807, 2.05) is 18.2 Å². The van der Waals surface area contributed by atoms with Crippen LogP contribution in [0.25, 0.3) is 4.96 Å². The van der Waals surface area contributed by atoms with Gasteiger partial charge in [-0.15, -0.1) is 5.10 Å². The molecule has 1 amide bonds. The Kier molecular flexibility index (Phi) is 5.35. The van der Waals surface area contributed by atoms with Gasteiger partial charge in [0.25, 0.3) is 11.5 Å². The van der Waals surface area contributed by atoms with Gasteiger partial charge in [-0.2, -0.15) is 4.52 Å². The van der Waals surface area contributed by atoms with Gasteiger partial charge in [0.2, 0.25) is 10.1 Å². The zero-order chi connectivity index (χ0) is 21.4.